The molecular formula is C14H14N6. The van der Waals surface area contributed by atoms with Gasteiger partial charge in [-0.1, -0.05) is 6.92 Å². The largest absolute Gasteiger partial charge is 0.346 e. The third-order valence-corrected chi connectivity index (χ3v) is 3.40. The Balaban J connectivity index is 2.02. The second-order valence-electron chi connectivity index (χ2n) is 4.60. The van der Waals surface area contributed by atoms with Gasteiger partial charge in [0.05, 0.1) is 30.4 Å². The first-order chi connectivity index (χ1) is 9.83. The van der Waals surface area contributed by atoms with Crippen molar-refractivity contribution >= 4 is 11.0 Å². The van der Waals surface area contributed by atoms with Gasteiger partial charge < -0.3 is 4.98 Å². The average molecular weight is 266 g/mol. The number of fused-ring (bicyclic) bond motifs is 1. The Hall–Kier alpha value is -2.68. The average Bonchev–Trinajstić information content (AvgIpc) is 3.12. The number of nitriles is 1. The predicted molar refractivity (Wildman–Crippen MR) is 74.7 cm³/mol. The fraction of sp³-hybridized carbons (Fsp3) is 0.286. The summed E-state index contributed by atoms with van der Waals surface area (Å²) in [5, 5.41) is 14.2. The summed E-state index contributed by atoms with van der Waals surface area (Å²) >= 11 is 0. The van der Waals surface area contributed by atoms with Gasteiger partial charge in [-0.2, -0.15) is 10.4 Å². The molecule has 0 fully saturated rings. The second kappa shape index (κ2) is 5.13. The van der Waals surface area contributed by atoms with Gasteiger partial charge in [-0.25, -0.2) is 9.97 Å². The Morgan fingerprint density at radius 1 is 1.45 bits per heavy atom. The Morgan fingerprint density at radius 3 is 3.15 bits per heavy atom. The lowest BCUT2D eigenvalue weighted by molar-refractivity contribution is 0.448. The van der Waals surface area contributed by atoms with Gasteiger partial charge in [-0.3, -0.25) is 4.68 Å². The Bertz CT molecular complexity index is 763. The van der Waals surface area contributed by atoms with Crippen LogP contribution in [0, 0.1) is 11.3 Å². The van der Waals surface area contributed by atoms with Crippen molar-refractivity contribution in [3.63, 3.8) is 0 Å². The summed E-state index contributed by atoms with van der Waals surface area (Å²) in [6.07, 6.45) is 8.45. The molecule has 3 aromatic rings. The maximum Gasteiger partial charge on any atom is 0.141 e. The minimum absolute atomic E-state index is 0.109. The summed E-state index contributed by atoms with van der Waals surface area (Å²) in [6, 6.07) is 4.26. The van der Waals surface area contributed by atoms with Crippen LogP contribution in [0.2, 0.25) is 0 Å². The highest BCUT2D eigenvalue weighted by Crippen LogP contribution is 2.25. The number of aromatic nitrogens is 5. The first-order valence-corrected chi connectivity index (χ1v) is 6.53. The zero-order chi connectivity index (χ0) is 13.9. The van der Waals surface area contributed by atoms with Crippen molar-refractivity contribution in [1.82, 2.24) is 24.7 Å². The Labute approximate surface area is 116 Å². The highest BCUT2D eigenvalue weighted by Gasteiger charge is 2.13. The fourth-order valence-electron chi connectivity index (χ4n) is 2.29. The van der Waals surface area contributed by atoms with Crippen molar-refractivity contribution in [2.45, 2.75) is 25.8 Å². The molecule has 6 nitrogen and oxygen atoms in total. The third-order valence-electron chi connectivity index (χ3n) is 3.40. The second-order valence-corrected chi connectivity index (χ2v) is 4.60. The monoisotopic (exact) mass is 266 g/mol. The molecule has 0 aliphatic rings. The van der Waals surface area contributed by atoms with Crippen molar-refractivity contribution in [3.8, 4) is 17.3 Å². The van der Waals surface area contributed by atoms with Gasteiger partial charge >= 0.3 is 0 Å². The van der Waals surface area contributed by atoms with Crippen LogP contribution in [0.1, 0.15) is 25.8 Å². The van der Waals surface area contributed by atoms with Crippen LogP contribution in [0.3, 0.4) is 0 Å². The molecule has 100 valence electrons. The normalized spacial score (nSPS) is 12.4. The summed E-state index contributed by atoms with van der Waals surface area (Å²) in [7, 11) is 0. The molecule has 20 heavy (non-hydrogen) atoms. The van der Waals surface area contributed by atoms with E-state index in [4.69, 9.17) is 5.26 Å². The number of aromatic amines is 1. The molecule has 0 aliphatic heterocycles. The molecule has 0 radical (unpaired) electrons. The highest BCUT2D eigenvalue weighted by molar-refractivity contribution is 5.89. The molecule has 0 saturated heterocycles. The van der Waals surface area contributed by atoms with E-state index in [9.17, 15) is 0 Å². The number of hydrogen-bond donors (Lipinski definition) is 1. The van der Waals surface area contributed by atoms with Crippen molar-refractivity contribution in [3.05, 3.63) is 31.0 Å². The first kappa shape index (κ1) is 12.4. The van der Waals surface area contributed by atoms with E-state index < -0.39 is 0 Å². The van der Waals surface area contributed by atoms with Gasteiger partial charge in [0.2, 0.25) is 0 Å². The van der Waals surface area contributed by atoms with Gasteiger partial charge in [-0.15, -0.1) is 0 Å². The van der Waals surface area contributed by atoms with Gasteiger partial charge in [0.15, 0.2) is 0 Å². The zero-order valence-electron chi connectivity index (χ0n) is 11.1. The van der Waals surface area contributed by atoms with E-state index in [1.807, 2.05) is 23.1 Å². The molecule has 0 bridgehead atoms. The quantitative estimate of drug-likeness (QED) is 0.787. The van der Waals surface area contributed by atoms with E-state index >= 15 is 0 Å². The lowest BCUT2D eigenvalue weighted by Gasteiger charge is -2.10. The Morgan fingerprint density at radius 2 is 2.35 bits per heavy atom. The van der Waals surface area contributed by atoms with E-state index in [0.717, 1.165) is 28.7 Å². The molecule has 0 unspecified atom stereocenters. The van der Waals surface area contributed by atoms with Crippen LogP contribution in [0.5, 0.6) is 0 Å². The lowest BCUT2D eigenvalue weighted by Crippen LogP contribution is -2.07. The summed E-state index contributed by atoms with van der Waals surface area (Å²) in [4.78, 5) is 11.6. The lowest BCUT2D eigenvalue weighted by atomic mass is 10.1. The molecule has 3 rings (SSSR count). The van der Waals surface area contributed by atoms with E-state index in [-0.39, 0.29) is 6.04 Å². The van der Waals surface area contributed by atoms with Crippen molar-refractivity contribution in [1.29, 1.82) is 5.26 Å². The zero-order valence-corrected chi connectivity index (χ0v) is 11.1. The van der Waals surface area contributed by atoms with Crippen LogP contribution >= 0.6 is 0 Å². The number of nitrogens with zero attached hydrogens (tertiary/aromatic N) is 5. The topological polar surface area (TPSA) is 83.2 Å². The van der Waals surface area contributed by atoms with E-state index in [1.54, 1.807) is 6.20 Å². The maximum atomic E-state index is 8.85. The molecule has 3 aromatic heterocycles. The number of hydrogen-bond acceptors (Lipinski definition) is 4. The molecule has 1 N–H and O–H groups in total. The van der Waals surface area contributed by atoms with E-state index in [0.29, 0.717) is 6.42 Å². The van der Waals surface area contributed by atoms with Crippen molar-refractivity contribution in [2.24, 2.45) is 0 Å². The summed E-state index contributed by atoms with van der Waals surface area (Å²) < 4.78 is 1.85. The molecule has 0 aliphatic carbocycles. The minimum atomic E-state index is 0.109. The minimum Gasteiger partial charge on any atom is -0.346 e. The van der Waals surface area contributed by atoms with Crippen LogP contribution in [-0.2, 0) is 0 Å². The van der Waals surface area contributed by atoms with Crippen LogP contribution < -0.4 is 0 Å². The van der Waals surface area contributed by atoms with Crippen LogP contribution in [0.4, 0.5) is 0 Å². The highest BCUT2D eigenvalue weighted by atomic mass is 15.3. The van der Waals surface area contributed by atoms with Crippen molar-refractivity contribution < 1.29 is 0 Å². The predicted octanol–water partition coefficient (Wildman–Crippen LogP) is 2.69. The van der Waals surface area contributed by atoms with Gasteiger partial charge in [0.25, 0.3) is 0 Å². The first-order valence-electron chi connectivity index (χ1n) is 6.53. The SMILES string of the molecule is CC[C@H](CC#N)n1cc(-c2ncnc3[nH]ccc23)cn1. The molecule has 0 aromatic carbocycles. The van der Waals surface area contributed by atoms with Crippen LogP contribution in [0.25, 0.3) is 22.3 Å². The van der Waals surface area contributed by atoms with Crippen LogP contribution in [0.15, 0.2) is 31.0 Å². The molecular weight excluding hydrogens is 252 g/mol. The molecule has 0 spiro atoms. The fourth-order valence-corrected chi connectivity index (χ4v) is 2.29. The van der Waals surface area contributed by atoms with Crippen molar-refractivity contribution in [2.75, 3.05) is 0 Å². The maximum absolute atomic E-state index is 8.85. The third kappa shape index (κ3) is 2.03. The number of rotatable bonds is 4. The molecule has 6 heteroatoms. The Kier molecular flexibility index (Phi) is 3.17. The summed E-state index contributed by atoms with van der Waals surface area (Å²) in [5.41, 5.74) is 2.61. The molecule has 3 heterocycles. The number of nitrogens with one attached hydrogen (secondary N) is 1. The standard InChI is InChI=1S/C14H14N6/c1-2-11(3-5-15)20-8-10(7-19-20)13-12-4-6-16-14(12)18-9-17-13/h4,6-9,11H,2-3H2,1H3,(H,16,17,18)/t11-/m1/s1. The smallest absolute Gasteiger partial charge is 0.141 e. The molecule has 1 atom stereocenters. The summed E-state index contributed by atoms with van der Waals surface area (Å²) in [6.45, 7) is 2.05. The van der Waals surface area contributed by atoms with Crippen LogP contribution in [-0.4, -0.2) is 24.7 Å². The molecule has 0 saturated carbocycles. The molecule has 0 amide bonds. The van der Waals surface area contributed by atoms with Gasteiger partial charge in [-0.05, 0) is 12.5 Å². The number of H-pyrrole nitrogens is 1. The van der Waals surface area contributed by atoms with Gasteiger partial charge in [0.1, 0.15) is 12.0 Å². The van der Waals surface area contributed by atoms with Gasteiger partial charge in [0, 0.05) is 23.3 Å². The van der Waals surface area contributed by atoms with E-state index in [2.05, 4.69) is 33.0 Å². The summed E-state index contributed by atoms with van der Waals surface area (Å²) in [5.74, 6) is 0. The van der Waals surface area contributed by atoms with E-state index in [1.165, 1.54) is 6.33 Å².